The molecule has 2 aliphatic rings. The molecule has 0 aliphatic carbocycles. The topological polar surface area (TPSA) is 79.0 Å². The quantitative estimate of drug-likeness (QED) is 0.620. The summed E-state index contributed by atoms with van der Waals surface area (Å²) in [5, 5.41) is 2.85. The number of imide groups is 1. The lowest BCUT2D eigenvalue weighted by Gasteiger charge is -2.28. The lowest BCUT2D eigenvalue weighted by atomic mass is 10.2. The molecule has 2 aliphatic heterocycles. The number of nitrogens with zero attached hydrogens (tertiary/aromatic N) is 2. The van der Waals surface area contributed by atoms with Gasteiger partial charge in [0.1, 0.15) is 6.54 Å². The van der Waals surface area contributed by atoms with Gasteiger partial charge in [-0.25, -0.2) is 0 Å². The second-order valence-electron chi connectivity index (χ2n) is 7.11. The van der Waals surface area contributed by atoms with Crippen molar-refractivity contribution in [2.24, 2.45) is 0 Å². The molecule has 2 fully saturated rings. The lowest BCUT2D eigenvalue weighted by molar-refractivity contribution is -0.127. The molecule has 2 saturated heterocycles. The number of nitrogens with one attached hydrogen (secondary N) is 1. The molecule has 0 saturated carbocycles. The van der Waals surface area contributed by atoms with Crippen LogP contribution in [-0.2, 0) is 14.3 Å². The predicted molar refractivity (Wildman–Crippen MR) is 127 cm³/mol. The SMILES string of the molecule is O=C(CN1C(=O)S/C(=C/c2cccc(Cl)c2Cl)C1=O)Nc1ccc(N2CCOCC2)cc1. The highest BCUT2D eigenvalue weighted by atomic mass is 35.5. The average Bonchev–Trinajstić information content (AvgIpc) is 3.05. The molecule has 0 aromatic heterocycles. The van der Waals surface area contributed by atoms with Gasteiger partial charge in [-0.1, -0.05) is 35.3 Å². The smallest absolute Gasteiger partial charge is 0.294 e. The zero-order valence-corrected chi connectivity index (χ0v) is 19.2. The summed E-state index contributed by atoms with van der Waals surface area (Å²) in [6.07, 6.45) is 1.50. The van der Waals surface area contributed by atoms with E-state index in [4.69, 9.17) is 27.9 Å². The van der Waals surface area contributed by atoms with E-state index in [2.05, 4.69) is 10.2 Å². The van der Waals surface area contributed by atoms with Gasteiger partial charge in [0.25, 0.3) is 11.1 Å². The van der Waals surface area contributed by atoms with Crippen molar-refractivity contribution < 1.29 is 19.1 Å². The van der Waals surface area contributed by atoms with Crippen LogP contribution in [0, 0.1) is 0 Å². The van der Waals surface area contributed by atoms with Crippen molar-refractivity contribution in [3.05, 3.63) is 63.0 Å². The molecule has 2 aromatic rings. The monoisotopic (exact) mass is 491 g/mol. The highest BCUT2D eigenvalue weighted by molar-refractivity contribution is 8.18. The van der Waals surface area contributed by atoms with E-state index in [1.165, 1.54) is 6.08 Å². The van der Waals surface area contributed by atoms with Crippen LogP contribution >= 0.6 is 35.0 Å². The van der Waals surface area contributed by atoms with Crippen LogP contribution in [0.2, 0.25) is 10.0 Å². The first kappa shape index (κ1) is 22.7. The maximum atomic E-state index is 12.7. The molecule has 32 heavy (non-hydrogen) atoms. The van der Waals surface area contributed by atoms with E-state index in [0.717, 1.165) is 35.4 Å². The largest absolute Gasteiger partial charge is 0.378 e. The fourth-order valence-corrected chi connectivity index (χ4v) is 4.52. The van der Waals surface area contributed by atoms with E-state index >= 15 is 0 Å². The van der Waals surface area contributed by atoms with E-state index in [0.29, 0.717) is 34.5 Å². The number of carbonyl (C=O) groups excluding carboxylic acids is 3. The third-order valence-corrected chi connectivity index (χ3v) is 6.71. The molecule has 1 N–H and O–H groups in total. The summed E-state index contributed by atoms with van der Waals surface area (Å²) < 4.78 is 5.35. The molecule has 0 unspecified atom stereocenters. The Hall–Kier alpha value is -2.52. The van der Waals surface area contributed by atoms with E-state index < -0.39 is 17.1 Å². The Morgan fingerprint density at radius 3 is 2.53 bits per heavy atom. The van der Waals surface area contributed by atoms with Crippen molar-refractivity contribution in [2.45, 2.75) is 0 Å². The number of anilines is 2. The highest BCUT2D eigenvalue weighted by Crippen LogP contribution is 2.35. The Labute approximate surface area is 199 Å². The van der Waals surface area contributed by atoms with Gasteiger partial charge in [0.05, 0.1) is 28.2 Å². The van der Waals surface area contributed by atoms with Crippen molar-refractivity contribution in [2.75, 3.05) is 43.1 Å². The van der Waals surface area contributed by atoms with E-state index in [1.807, 2.05) is 12.1 Å². The summed E-state index contributed by atoms with van der Waals surface area (Å²) in [6, 6.07) is 12.4. The van der Waals surface area contributed by atoms with Crippen LogP contribution in [-0.4, -0.2) is 54.8 Å². The molecule has 0 bridgehead atoms. The summed E-state index contributed by atoms with van der Waals surface area (Å²) in [5.74, 6) is -1.01. The van der Waals surface area contributed by atoms with Crippen molar-refractivity contribution in [3.63, 3.8) is 0 Å². The standard InChI is InChI=1S/C22H19Cl2N3O4S/c23-17-3-1-2-14(20(17)24)12-18-21(29)27(22(30)32-18)13-19(28)25-15-4-6-16(7-5-15)26-8-10-31-11-9-26/h1-7,12H,8-11,13H2,(H,25,28)/b18-12+. The minimum absolute atomic E-state index is 0.182. The maximum absolute atomic E-state index is 12.7. The summed E-state index contributed by atoms with van der Waals surface area (Å²) in [5.41, 5.74) is 2.15. The number of hydrogen-bond acceptors (Lipinski definition) is 6. The number of thioether (sulfide) groups is 1. The normalized spacial score (nSPS) is 17.9. The van der Waals surface area contributed by atoms with Crippen LogP contribution < -0.4 is 10.2 Å². The van der Waals surface area contributed by atoms with Crippen LogP contribution in [0.3, 0.4) is 0 Å². The molecule has 0 radical (unpaired) electrons. The predicted octanol–water partition coefficient (Wildman–Crippen LogP) is 4.51. The summed E-state index contributed by atoms with van der Waals surface area (Å²) in [6.45, 7) is 2.64. The van der Waals surface area contributed by atoms with Gasteiger partial charge in [-0.05, 0) is 53.7 Å². The van der Waals surface area contributed by atoms with Crippen molar-refractivity contribution >= 4 is 69.5 Å². The van der Waals surface area contributed by atoms with E-state index in [-0.39, 0.29) is 11.4 Å². The van der Waals surface area contributed by atoms with Crippen LogP contribution in [0.25, 0.3) is 6.08 Å². The maximum Gasteiger partial charge on any atom is 0.294 e. The lowest BCUT2D eigenvalue weighted by Crippen LogP contribution is -2.36. The molecular weight excluding hydrogens is 473 g/mol. The summed E-state index contributed by atoms with van der Waals surface area (Å²) in [7, 11) is 0. The third kappa shape index (κ3) is 5.10. The molecule has 4 rings (SSSR count). The van der Waals surface area contributed by atoms with Crippen molar-refractivity contribution in [3.8, 4) is 0 Å². The fraction of sp³-hybridized carbons (Fsp3) is 0.227. The minimum Gasteiger partial charge on any atom is -0.378 e. The van der Waals surface area contributed by atoms with Crippen LogP contribution in [0.5, 0.6) is 0 Å². The van der Waals surface area contributed by atoms with Crippen LogP contribution in [0.4, 0.5) is 16.2 Å². The molecular formula is C22H19Cl2N3O4S. The molecule has 166 valence electrons. The Kier molecular flexibility index (Phi) is 7.05. The van der Waals surface area contributed by atoms with Gasteiger partial charge in [0.2, 0.25) is 5.91 Å². The van der Waals surface area contributed by atoms with Crippen LogP contribution in [0.15, 0.2) is 47.4 Å². The number of amides is 3. The Balaban J connectivity index is 1.39. The molecule has 2 aromatic carbocycles. The van der Waals surface area contributed by atoms with Gasteiger partial charge in [-0.2, -0.15) is 0 Å². The van der Waals surface area contributed by atoms with Crippen LogP contribution in [0.1, 0.15) is 5.56 Å². The molecule has 2 heterocycles. The number of carbonyl (C=O) groups is 3. The second kappa shape index (κ2) is 9.95. The highest BCUT2D eigenvalue weighted by Gasteiger charge is 2.36. The summed E-state index contributed by atoms with van der Waals surface area (Å²) >= 11 is 12.9. The Morgan fingerprint density at radius 2 is 1.81 bits per heavy atom. The molecule has 7 nitrogen and oxygen atoms in total. The van der Waals surface area contributed by atoms with E-state index in [1.54, 1.807) is 30.3 Å². The van der Waals surface area contributed by atoms with Crippen molar-refractivity contribution in [1.82, 2.24) is 4.90 Å². The first-order chi connectivity index (χ1) is 15.4. The number of hydrogen-bond donors (Lipinski definition) is 1. The minimum atomic E-state index is -0.547. The first-order valence-corrected chi connectivity index (χ1v) is 11.4. The van der Waals surface area contributed by atoms with Gasteiger partial charge in [0.15, 0.2) is 0 Å². The van der Waals surface area contributed by atoms with Gasteiger partial charge < -0.3 is 15.0 Å². The molecule has 0 atom stereocenters. The molecule has 3 amide bonds. The zero-order chi connectivity index (χ0) is 22.7. The summed E-state index contributed by atoms with van der Waals surface area (Å²) in [4.78, 5) is 40.7. The van der Waals surface area contributed by atoms with Gasteiger partial charge in [-0.15, -0.1) is 0 Å². The van der Waals surface area contributed by atoms with E-state index in [9.17, 15) is 14.4 Å². The Bertz CT molecular complexity index is 1090. The number of halogens is 2. The van der Waals surface area contributed by atoms with Gasteiger partial charge >= 0.3 is 0 Å². The average molecular weight is 492 g/mol. The van der Waals surface area contributed by atoms with Gasteiger partial charge in [-0.3, -0.25) is 19.3 Å². The fourth-order valence-electron chi connectivity index (χ4n) is 3.33. The number of rotatable bonds is 5. The molecule has 0 spiro atoms. The first-order valence-electron chi connectivity index (χ1n) is 9.84. The van der Waals surface area contributed by atoms with Gasteiger partial charge in [0, 0.05) is 24.5 Å². The number of ether oxygens (including phenoxy) is 1. The third-order valence-electron chi connectivity index (χ3n) is 4.97. The zero-order valence-electron chi connectivity index (χ0n) is 16.8. The number of morpholine rings is 1. The number of benzene rings is 2. The Morgan fingerprint density at radius 1 is 1.09 bits per heavy atom. The van der Waals surface area contributed by atoms with Crippen molar-refractivity contribution in [1.29, 1.82) is 0 Å². The second-order valence-corrected chi connectivity index (χ2v) is 8.88. The molecule has 10 heteroatoms.